The number of pyridine rings is 1. The topological polar surface area (TPSA) is 43.2 Å². The van der Waals surface area contributed by atoms with E-state index in [9.17, 15) is 0 Å². The minimum atomic E-state index is 0.608. The lowest BCUT2D eigenvalue weighted by atomic mass is 10.0. The second kappa shape index (κ2) is 10.0. The Morgan fingerprint density at radius 3 is 2.83 bits per heavy atom. The van der Waals surface area contributed by atoms with Crippen molar-refractivity contribution < 1.29 is 4.74 Å². The Hall–Kier alpha value is -1.76. The van der Waals surface area contributed by atoms with Crippen molar-refractivity contribution in [2.75, 3.05) is 26.8 Å². The summed E-state index contributed by atoms with van der Waals surface area (Å²) in [4.78, 5) is 7.19. The van der Waals surface area contributed by atoms with Gasteiger partial charge in [-0.1, -0.05) is 31.5 Å². The van der Waals surface area contributed by atoms with Crippen LogP contribution in [0, 0.1) is 5.92 Å². The van der Waals surface area contributed by atoms with E-state index in [4.69, 9.17) is 14.8 Å². The summed E-state index contributed by atoms with van der Waals surface area (Å²) in [5.41, 5.74) is 4.62. The average molecular weight is 471 g/mol. The van der Waals surface area contributed by atoms with Crippen molar-refractivity contribution in [3.63, 3.8) is 0 Å². The molecule has 0 saturated carbocycles. The number of aromatic nitrogens is 3. The number of hydrogen-bond acceptors (Lipinski definition) is 4. The zero-order valence-corrected chi connectivity index (χ0v) is 19.6. The number of halogens is 1. The van der Waals surface area contributed by atoms with Crippen molar-refractivity contribution in [2.45, 2.75) is 45.7 Å². The molecule has 0 N–H and O–H groups in total. The highest BCUT2D eigenvalue weighted by molar-refractivity contribution is 9.10. The smallest absolute Gasteiger partial charge is 0.158 e. The van der Waals surface area contributed by atoms with E-state index >= 15 is 0 Å². The van der Waals surface area contributed by atoms with Crippen LogP contribution in [0.3, 0.4) is 0 Å². The first kappa shape index (κ1) is 21.5. The maximum Gasteiger partial charge on any atom is 0.158 e. The molecule has 1 saturated heterocycles. The van der Waals surface area contributed by atoms with Gasteiger partial charge in [-0.3, -0.25) is 0 Å². The van der Waals surface area contributed by atoms with Gasteiger partial charge in [-0.25, -0.2) is 9.67 Å². The average Bonchev–Trinajstić information content (AvgIpc) is 3.08. The minimum Gasteiger partial charge on any atom is -0.381 e. The summed E-state index contributed by atoms with van der Waals surface area (Å²) < 4.78 is 8.41. The molecule has 0 radical (unpaired) electrons. The molecular formula is C24H31BrN4O. The number of rotatable bonds is 8. The van der Waals surface area contributed by atoms with E-state index < -0.39 is 0 Å². The zero-order valence-electron chi connectivity index (χ0n) is 18.0. The molecular weight excluding hydrogens is 440 g/mol. The van der Waals surface area contributed by atoms with Crippen LogP contribution < -0.4 is 0 Å². The maximum absolute atomic E-state index is 5.49. The van der Waals surface area contributed by atoms with E-state index in [2.05, 4.69) is 69.8 Å². The van der Waals surface area contributed by atoms with Crippen molar-refractivity contribution >= 4 is 27.0 Å². The molecule has 0 bridgehead atoms. The molecule has 1 aliphatic rings. The highest BCUT2D eigenvalue weighted by Gasteiger charge is 2.18. The third-order valence-corrected chi connectivity index (χ3v) is 6.51. The molecule has 2 aromatic heterocycles. The van der Waals surface area contributed by atoms with Gasteiger partial charge in [0.05, 0.1) is 5.39 Å². The van der Waals surface area contributed by atoms with Gasteiger partial charge in [0.2, 0.25) is 0 Å². The van der Waals surface area contributed by atoms with Crippen LogP contribution in [0.4, 0.5) is 0 Å². The highest BCUT2D eigenvalue weighted by atomic mass is 79.9. The van der Waals surface area contributed by atoms with Gasteiger partial charge >= 0.3 is 0 Å². The fourth-order valence-corrected chi connectivity index (χ4v) is 4.63. The summed E-state index contributed by atoms with van der Waals surface area (Å²) in [6.45, 7) is 6.95. The Morgan fingerprint density at radius 2 is 2.03 bits per heavy atom. The van der Waals surface area contributed by atoms with Gasteiger partial charge in [0, 0.05) is 38.1 Å². The Balaban J connectivity index is 1.55. The Kier molecular flexibility index (Phi) is 7.18. The van der Waals surface area contributed by atoms with E-state index in [1.54, 1.807) is 0 Å². The lowest BCUT2D eigenvalue weighted by Gasteiger charge is -2.21. The van der Waals surface area contributed by atoms with E-state index in [1.165, 1.54) is 24.0 Å². The van der Waals surface area contributed by atoms with Gasteiger partial charge in [0.25, 0.3) is 0 Å². The van der Waals surface area contributed by atoms with E-state index in [0.717, 1.165) is 66.9 Å². The van der Waals surface area contributed by atoms with Crippen LogP contribution in [0.5, 0.6) is 0 Å². The molecule has 0 spiro atoms. The second-order valence-corrected chi connectivity index (χ2v) is 9.17. The first-order valence-electron chi connectivity index (χ1n) is 11.0. The quantitative estimate of drug-likeness (QED) is 0.434. The predicted octanol–water partition coefficient (Wildman–Crippen LogP) is 5.52. The Morgan fingerprint density at radius 1 is 1.20 bits per heavy atom. The van der Waals surface area contributed by atoms with Gasteiger partial charge in [-0.05, 0) is 78.0 Å². The molecule has 1 aliphatic heterocycles. The Bertz CT molecular complexity index is 980. The summed E-state index contributed by atoms with van der Waals surface area (Å²) in [5, 5.41) is 5.80. The van der Waals surface area contributed by atoms with Crippen LogP contribution in [-0.2, 0) is 17.8 Å². The zero-order chi connectivity index (χ0) is 20.9. The fraction of sp³-hybridized carbons (Fsp3) is 0.500. The van der Waals surface area contributed by atoms with Crippen molar-refractivity contribution in [1.29, 1.82) is 0 Å². The Labute approximate surface area is 187 Å². The summed E-state index contributed by atoms with van der Waals surface area (Å²) in [6, 6.07) is 11.0. The standard InChI is InChI=1S/C24H31BrN4O/c1-3-4-10-28(2)16-19-6-5-7-20(13-19)21-14-22-23(25)27-29(24(22)26-15-21)17-18-8-11-30-12-9-18/h5-7,13-15,18H,3-4,8-12,16-17H2,1-2H3. The predicted molar refractivity (Wildman–Crippen MR) is 125 cm³/mol. The molecule has 0 unspecified atom stereocenters. The highest BCUT2D eigenvalue weighted by Crippen LogP contribution is 2.29. The molecule has 4 rings (SSSR count). The summed E-state index contributed by atoms with van der Waals surface area (Å²) in [6.07, 6.45) is 6.64. The van der Waals surface area contributed by atoms with Crippen molar-refractivity contribution in [2.24, 2.45) is 5.92 Å². The molecule has 30 heavy (non-hydrogen) atoms. The molecule has 3 aromatic rings. The van der Waals surface area contributed by atoms with Gasteiger partial charge in [-0.2, -0.15) is 5.10 Å². The van der Waals surface area contributed by atoms with Gasteiger partial charge in [0.15, 0.2) is 5.65 Å². The molecule has 0 atom stereocenters. The lowest BCUT2D eigenvalue weighted by Crippen LogP contribution is -2.21. The minimum absolute atomic E-state index is 0.608. The van der Waals surface area contributed by atoms with Crippen LogP contribution in [0.2, 0.25) is 0 Å². The van der Waals surface area contributed by atoms with Crippen LogP contribution in [0.1, 0.15) is 38.2 Å². The molecule has 0 amide bonds. The van der Waals surface area contributed by atoms with Crippen molar-refractivity contribution in [3.05, 3.63) is 46.7 Å². The summed E-state index contributed by atoms with van der Waals surface area (Å²) >= 11 is 3.66. The van der Waals surface area contributed by atoms with Crippen molar-refractivity contribution in [1.82, 2.24) is 19.7 Å². The lowest BCUT2D eigenvalue weighted by molar-refractivity contribution is 0.0605. The van der Waals surface area contributed by atoms with E-state index in [0.29, 0.717) is 5.92 Å². The number of unbranched alkanes of at least 4 members (excludes halogenated alkanes) is 1. The molecule has 1 fully saturated rings. The third kappa shape index (κ3) is 5.10. The third-order valence-electron chi connectivity index (χ3n) is 5.92. The number of fused-ring (bicyclic) bond motifs is 1. The summed E-state index contributed by atoms with van der Waals surface area (Å²) in [7, 11) is 2.19. The second-order valence-electron chi connectivity index (χ2n) is 8.42. The first-order chi connectivity index (χ1) is 14.6. The molecule has 3 heterocycles. The van der Waals surface area contributed by atoms with Crippen LogP contribution >= 0.6 is 15.9 Å². The summed E-state index contributed by atoms with van der Waals surface area (Å²) in [5.74, 6) is 0.608. The first-order valence-corrected chi connectivity index (χ1v) is 11.8. The van der Waals surface area contributed by atoms with Crippen molar-refractivity contribution in [3.8, 4) is 11.1 Å². The molecule has 5 nitrogen and oxygen atoms in total. The van der Waals surface area contributed by atoms with E-state index in [-0.39, 0.29) is 0 Å². The number of ether oxygens (including phenoxy) is 1. The number of benzene rings is 1. The van der Waals surface area contributed by atoms with E-state index in [1.807, 2.05) is 6.20 Å². The maximum atomic E-state index is 5.49. The van der Waals surface area contributed by atoms with Crippen LogP contribution in [0.15, 0.2) is 41.1 Å². The van der Waals surface area contributed by atoms with Gasteiger partial charge < -0.3 is 9.64 Å². The van der Waals surface area contributed by atoms with Crippen LogP contribution in [0.25, 0.3) is 22.2 Å². The SMILES string of the molecule is CCCCN(C)Cc1cccc(-c2cnc3c(c2)c(Br)nn3CC2CCOCC2)c1. The van der Waals surface area contributed by atoms with Gasteiger partial charge in [0.1, 0.15) is 4.60 Å². The fourth-order valence-electron chi connectivity index (χ4n) is 4.15. The van der Waals surface area contributed by atoms with Gasteiger partial charge in [-0.15, -0.1) is 0 Å². The number of hydrogen-bond donors (Lipinski definition) is 0. The molecule has 0 aliphatic carbocycles. The molecule has 6 heteroatoms. The monoisotopic (exact) mass is 470 g/mol. The molecule has 160 valence electrons. The number of nitrogens with zero attached hydrogens (tertiary/aromatic N) is 4. The normalized spacial score (nSPS) is 15.3. The largest absolute Gasteiger partial charge is 0.381 e. The van der Waals surface area contributed by atoms with Crippen LogP contribution in [-0.4, -0.2) is 46.5 Å². The molecule has 1 aromatic carbocycles.